The zero-order chi connectivity index (χ0) is 10.5. The van der Waals surface area contributed by atoms with Crippen LogP contribution in [0.3, 0.4) is 0 Å². The Balaban J connectivity index is 1.72. The number of rotatable bonds is 3. The van der Waals surface area contributed by atoms with Crippen LogP contribution in [0, 0.1) is 0 Å². The first-order chi connectivity index (χ1) is 7.38. The van der Waals surface area contributed by atoms with Crippen LogP contribution < -0.4 is 5.32 Å². The van der Waals surface area contributed by atoms with E-state index in [2.05, 4.69) is 24.0 Å². The Morgan fingerprint density at radius 1 is 1.33 bits per heavy atom. The molecule has 0 aliphatic carbocycles. The maximum atomic E-state index is 5.70. The molecule has 0 saturated carbocycles. The highest BCUT2D eigenvalue weighted by molar-refractivity contribution is 7.99. The van der Waals surface area contributed by atoms with Gasteiger partial charge in [0, 0.05) is 24.4 Å². The summed E-state index contributed by atoms with van der Waals surface area (Å²) < 4.78 is 5.70. The van der Waals surface area contributed by atoms with Gasteiger partial charge in [-0.25, -0.2) is 0 Å². The molecule has 1 N–H and O–H groups in total. The molecule has 88 valence electrons. The summed E-state index contributed by atoms with van der Waals surface area (Å²) in [5.41, 5.74) is 0. The van der Waals surface area contributed by atoms with Crippen LogP contribution in [0.2, 0.25) is 0 Å². The summed E-state index contributed by atoms with van der Waals surface area (Å²) in [4.78, 5) is 0. The third kappa shape index (κ3) is 3.65. The van der Waals surface area contributed by atoms with Crippen molar-refractivity contribution in [3.63, 3.8) is 0 Å². The minimum Gasteiger partial charge on any atom is -0.378 e. The van der Waals surface area contributed by atoms with Gasteiger partial charge < -0.3 is 10.1 Å². The molecular weight excluding hydrogens is 206 g/mol. The van der Waals surface area contributed by atoms with E-state index in [1.807, 2.05) is 0 Å². The molecule has 2 aliphatic rings. The predicted molar refractivity (Wildman–Crippen MR) is 66.5 cm³/mol. The molecule has 0 radical (unpaired) electrons. The number of ether oxygens (including phenoxy) is 1. The van der Waals surface area contributed by atoms with E-state index in [9.17, 15) is 0 Å². The lowest BCUT2D eigenvalue weighted by molar-refractivity contribution is -0.00170. The Morgan fingerprint density at radius 3 is 3.00 bits per heavy atom. The lowest BCUT2D eigenvalue weighted by Gasteiger charge is -2.33. The average Bonchev–Trinajstić information content (AvgIpc) is 2.31. The molecule has 3 heteroatoms. The molecule has 2 rings (SSSR count). The van der Waals surface area contributed by atoms with E-state index in [4.69, 9.17) is 4.74 Å². The smallest absolute Gasteiger partial charge is 0.0587 e. The van der Waals surface area contributed by atoms with Crippen molar-refractivity contribution in [2.24, 2.45) is 0 Å². The lowest BCUT2D eigenvalue weighted by Crippen LogP contribution is -2.45. The van der Waals surface area contributed by atoms with Crippen molar-refractivity contribution in [1.29, 1.82) is 0 Å². The summed E-state index contributed by atoms with van der Waals surface area (Å²) in [7, 11) is 0. The van der Waals surface area contributed by atoms with E-state index in [-0.39, 0.29) is 0 Å². The van der Waals surface area contributed by atoms with Crippen LogP contribution in [0.4, 0.5) is 0 Å². The zero-order valence-electron chi connectivity index (χ0n) is 9.71. The third-order valence-corrected chi connectivity index (χ3v) is 4.67. The van der Waals surface area contributed by atoms with E-state index in [0.717, 1.165) is 19.1 Å². The van der Waals surface area contributed by atoms with E-state index < -0.39 is 0 Å². The number of hydrogen-bond acceptors (Lipinski definition) is 3. The number of hydrogen-bond donors (Lipinski definition) is 1. The fourth-order valence-electron chi connectivity index (χ4n) is 2.52. The van der Waals surface area contributed by atoms with Crippen LogP contribution in [0.25, 0.3) is 0 Å². The summed E-state index contributed by atoms with van der Waals surface area (Å²) in [5.74, 6) is 2.68. The van der Waals surface area contributed by atoms with E-state index >= 15 is 0 Å². The van der Waals surface area contributed by atoms with E-state index in [1.54, 1.807) is 0 Å². The number of nitrogens with one attached hydrogen (secondary N) is 1. The number of thioether (sulfide) groups is 1. The molecule has 0 aromatic rings. The van der Waals surface area contributed by atoms with Gasteiger partial charge in [-0.1, -0.05) is 6.92 Å². The van der Waals surface area contributed by atoms with Gasteiger partial charge in [-0.2, -0.15) is 11.8 Å². The molecule has 2 heterocycles. The van der Waals surface area contributed by atoms with E-state index in [1.165, 1.54) is 37.2 Å². The second-order valence-electron chi connectivity index (χ2n) is 4.70. The van der Waals surface area contributed by atoms with Crippen molar-refractivity contribution >= 4 is 11.8 Å². The van der Waals surface area contributed by atoms with Gasteiger partial charge in [0.25, 0.3) is 0 Å². The van der Waals surface area contributed by atoms with Gasteiger partial charge in [0.2, 0.25) is 0 Å². The Kier molecular flexibility index (Phi) is 4.79. The highest BCUT2D eigenvalue weighted by atomic mass is 32.2. The maximum absolute atomic E-state index is 5.70. The van der Waals surface area contributed by atoms with Gasteiger partial charge >= 0.3 is 0 Å². The molecule has 0 spiro atoms. The molecule has 15 heavy (non-hydrogen) atoms. The summed E-state index contributed by atoms with van der Waals surface area (Å²) in [6.07, 6.45) is 6.86. The Hall–Kier alpha value is 0.270. The summed E-state index contributed by atoms with van der Waals surface area (Å²) in [6, 6.07) is 1.48. The first-order valence-electron chi connectivity index (χ1n) is 6.34. The summed E-state index contributed by atoms with van der Waals surface area (Å²) >= 11 is 2.10. The van der Waals surface area contributed by atoms with E-state index in [0.29, 0.717) is 12.1 Å². The molecule has 2 fully saturated rings. The minimum absolute atomic E-state index is 0.507. The largest absolute Gasteiger partial charge is 0.378 e. The highest BCUT2D eigenvalue weighted by Crippen LogP contribution is 2.21. The maximum Gasteiger partial charge on any atom is 0.0587 e. The molecule has 0 aromatic heterocycles. The molecule has 2 saturated heterocycles. The lowest BCUT2D eigenvalue weighted by atomic mass is 10.00. The highest BCUT2D eigenvalue weighted by Gasteiger charge is 2.24. The molecule has 0 amide bonds. The second kappa shape index (κ2) is 6.12. The average molecular weight is 229 g/mol. The fraction of sp³-hybridized carbons (Fsp3) is 1.00. The van der Waals surface area contributed by atoms with Crippen molar-refractivity contribution in [3.05, 3.63) is 0 Å². The van der Waals surface area contributed by atoms with Crippen LogP contribution in [0.1, 0.15) is 39.0 Å². The van der Waals surface area contributed by atoms with Crippen LogP contribution in [-0.2, 0) is 4.74 Å². The standard InChI is InChI=1S/C12H23NOS/c1-2-12-8-10(5-6-14-12)13-11-4-3-7-15-9-11/h10-13H,2-9H2,1H3. The van der Waals surface area contributed by atoms with Crippen molar-refractivity contribution in [3.8, 4) is 0 Å². The van der Waals surface area contributed by atoms with Crippen LogP contribution in [-0.4, -0.2) is 36.3 Å². The Labute approximate surface area is 97.5 Å². The van der Waals surface area contributed by atoms with Gasteiger partial charge in [0.05, 0.1) is 6.10 Å². The summed E-state index contributed by atoms with van der Waals surface area (Å²) in [6.45, 7) is 3.18. The molecule has 2 aliphatic heterocycles. The Bertz CT molecular complexity index is 182. The van der Waals surface area contributed by atoms with Crippen LogP contribution in [0.5, 0.6) is 0 Å². The van der Waals surface area contributed by atoms with Crippen molar-refractivity contribution in [1.82, 2.24) is 5.32 Å². The van der Waals surface area contributed by atoms with Crippen LogP contribution >= 0.6 is 11.8 Å². The third-order valence-electron chi connectivity index (χ3n) is 3.45. The van der Waals surface area contributed by atoms with Gasteiger partial charge in [-0.3, -0.25) is 0 Å². The fourth-order valence-corrected chi connectivity index (χ4v) is 3.61. The van der Waals surface area contributed by atoms with Gasteiger partial charge in [-0.15, -0.1) is 0 Å². The molecule has 3 unspecified atom stereocenters. The molecular formula is C12H23NOS. The Morgan fingerprint density at radius 2 is 2.27 bits per heavy atom. The van der Waals surface area contributed by atoms with Gasteiger partial charge in [0.1, 0.15) is 0 Å². The van der Waals surface area contributed by atoms with Crippen molar-refractivity contribution < 1.29 is 4.74 Å². The quantitative estimate of drug-likeness (QED) is 0.803. The first-order valence-corrected chi connectivity index (χ1v) is 7.49. The molecule has 0 aromatic carbocycles. The molecule has 0 bridgehead atoms. The van der Waals surface area contributed by atoms with Crippen molar-refractivity contribution in [2.45, 2.75) is 57.2 Å². The molecule has 2 nitrogen and oxygen atoms in total. The van der Waals surface area contributed by atoms with Gasteiger partial charge in [-0.05, 0) is 37.9 Å². The van der Waals surface area contributed by atoms with Crippen molar-refractivity contribution in [2.75, 3.05) is 18.1 Å². The second-order valence-corrected chi connectivity index (χ2v) is 5.85. The summed E-state index contributed by atoms with van der Waals surface area (Å²) in [5, 5.41) is 3.82. The minimum atomic E-state index is 0.507. The zero-order valence-corrected chi connectivity index (χ0v) is 10.5. The normalized spacial score (nSPS) is 37.8. The topological polar surface area (TPSA) is 21.3 Å². The SMILES string of the molecule is CCC1CC(NC2CCCSC2)CCO1. The predicted octanol–water partition coefficient (Wildman–Crippen LogP) is 2.43. The van der Waals surface area contributed by atoms with Gasteiger partial charge in [0.15, 0.2) is 0 Å². The van der Waals surface area contributed by atoms with Crippen LogP contribution in [0.15, 0.2) is 0 Å². The first kappa shape index (κ1) is 11.7. The molecule has 3 atom stereocenters. The monoisotopic (exact) mass is 229 g/mol.